The van der Waals surface area contributed by atoms with Crippen molar-refractivity contribution in [2.24, 2.45) is 11.8 Å². The first kappa shape index (κ1) is 10.9. The Labute approximate surface area is 90.8 Å². The molecular formula is C12H20O3. The molecule has 2 aliphatic rings. The molecule has 0 radical (unpaired) electrons. The predicted molar refractivity (Wildman–Crippen MR) is 56.3 cm³/mol. The monoisotopic (exact) mass is 212 g/mol. The van der Waals surface area contributed by atoms with E-state index in [4.69, 9.17) is 0 Å². The molecule has 0 aliphatic heterocycles. The van der Waals surface area contributed by atoms with E-state index in [1.165, 1.54) is 39.2 Å². The lowest BCUT2D eigenvalue weighted by molar-refractivity contribution is -0.162. The first-order valence-corrected chi connectivity index (χ1v) is 5.96. The Morgan fingerprint density at radius 1 is 1.20 bits per heavy atom. The Bertz CT molecular complexity index is 235. The maximum absolute atomic E-state index is 11.5. The summed E-state index contributed by atoms with van der Waals surface area (Å²) in [4.78, 5) is 11.5. The van der Waals surface area contributed by atoms with Crippen LogP contribution in [0.4, 0.5) is 0 Å². The molecule has 2 fully saturated rings. The van der Waals surface area contributed by atoms with Crippen molar-refractivity contribution in [2.75, 3.05) is 7.11 Å². The Morgan fingerprint density at radius 3 is 2.20 bits per heavy atom. The van der Waals surface area contributed by atoms with Gasteiger partial charge >= 0.3 is 5.97 Å². The number of hydrogen-bond acceptors (Lipinski definition) is 3. The molecule has 86 valence electrons. The number of esters is 1. The molecule has 0 bridgehead atoms. The number of hydrogen-bond donors (Lipinski definition) is 1. The number of carbonyl (C=O) groups is 1. The van der Waals surface area contributed by atoms with Gasteiger partial charge in [0.05, 0.1) is 7.11 Å². The normalized spacial score (nSPS) is 40.7. The Morgan fingerprint density at radius 2 is 1.73 bits per heavy atom. The van der Waals surface area contributed by atoms with Gasteiger partial charge in [0.15, 0.2) is 5.60 Å². The molecule has 2 saturated carbocycles. The van der Waals surface area contributed by atoms with E-state index in [2.05, 4.69) is 4.74 Å². The first-order valence-electron chi connectivity index (χ1n) is 5.96. The zero-order valence-corrected chi connectivity index (χ0v) is 9.37. The van der Waals surface area contributed by atoms with Gasteiger partial charge in [-0.15, -0.1) is 0 Å². The molecule has 2 atom stereocenters. The van der Waals surface area contributed by atoms with Gasteiger partial charge in [-0.3, -0.25) is 0 Å². The number of aliphatic hydroxyl groups is 1. The fraction of sp³-hybridized carbons (Fsp3) is 0.917. The molecule has 1 N–H and O–H groups in total. The van der Waals surface area contributed by atoms with E-state index >= 15 is 0 Å². The summed E-state index contributed by atoms with van der Waals surface area (Å²) in [6.45, 7) is 0. The van der Waals surface area contributed by atoms with E-state index in [0.717, 1.165) is 0 Å². The summed E-state index contributed by atoms with van der Waals surface area (Å²) in [5, 5.41) is 10.2. The molecule has 0 aromatic heterocycles. The molecule has 3 nitrogen and oxygen atoms in total. The zero-order chi connectivity index (χ0) is 10.9. The van der Waals surface area contributed by atoms with Crippen LogP contribution in [0.2, 0.25) is 0 Å². The second-order valence-corrected chi connectivity index (χ2v) is 5.09. The second-order valence-electron chi connectivity index (χ2n) is 5.09. The zero-order valence-electron chi connectivity index (χ0n) is 9.37. The van der Waals surface area contributed by atoms with Crippen LogP contribution >= 0.6 is 0 Å². The van der Waals surface area contributed by atoms with Gasteiger partial charge < -0.3 is 9.84 Å². The van der Waals surface area contributed by atoms with Crippen LogP contribution in [0.25, 0.3) is 0 Å². The lowest BCUT2D eigenvalue weighted by Gasteiger charge is -2.19. The number of carbonyl (C=O) groups excluding carboxylic acids is 1. The van der Waals surface area contributed by atoms with Crippen LogP contribution in [-0.2, 0) is 9.53 Å². The van der Waals surface area contributed by atoms with E-state index in [9.17, 15) is 9.90 Å². The Kier molecular flexibility index (Phi) is 3.01. The van der Waals surface area contributed by atoms with Crippen molar-refractivity contribution in [3.8, 4) is 0 Å². The van der Waals surface area contributed by atoms with Crippen molar-refractivity contribution in [3.63, 3.8) is 0 Å². The molecule has 0 amide bonds. The number of fused-ring (bicyclic) bond motifs is 1. The summed E-state index contributed by atoms with van der Waals surface area (Å²) in [5.74, 6) is 0.642. The lowest BCUT2D eigenvalue weighted by Crippen LogP contribution is -2.37. The van der Waals surface area contributed by atoms with Crippen molar-refractivity contribution < 1.29 is 14.6 Å². The lowest BCUT2D eigenvalue weighted by atomic mass is 9.92. The predicted octanol–water partition coefficient (Wildman–Crippen LogP) is 1.88. The van der Waals surface area contributed by atoms with E-state index in [0.29, 0.717) is 24.7 Å². The summed E-state index contributed by atoms with van der Waals surface area (Å²) in [7, 11) is 1.36. The maximum atomic E-state index is 11.5. The summed E-state index contributed by atoms with van der Waals surface area (Å²) in [5.41, 5.74) is -1.18. The molecular weight excluding hydrogens is 192 g/mol. The molecule has 15 heavy (non-hydrogen) atoms. The number of methoxy groups -OCH3 is 1. The van der Waals surface area contributed by atoms with Gasteiger partial charge in [0.2, 0.25) is 0 Å². The van der Waals surface area contributed by atoms with Crippen LogP contribution in [0.3, 0.4) is 0 Å². The van der Waals surface area contributed by atoms with Crippen LogP contribution in [0.15, 0.2) is 0 Å². The minimum absolute atomic E-state index is 0.435. The Balaban J connectivity index is 2.06. The van der Waals surface area contributed by atoms with Crippen LogP contribution in [0, 0.1) is 11.8 Å². The third kappa shape index (κ3) is 2.03. The van der Waals surface area contributed by atoms with Gasteiger partial charge in [0.1, 0.15) is 0 Å². The minimum Gasteiger partial charge on any atom is -0.467 e. The van der Waals surface area contributed by atoms with Crippen molar-refractivity contribution in [3.05, 3.63) is 0 Å². The van der Waals surface area contributed by atoms with Crippen molar-refractivity contribution in [1.29, 1.82) is 0 Å². The quantitative estimate of drug-likeness (QED) is 0.675. The SMILES string of the molecule is COC(=O)C1(O)CC2CCCCCC2C1. The van der Waals surface area contributed by atoms with Gasteiger partial charge in [0, 0.05) is 0 Å². The largest absolute Gasteiger partial charge is 0.467 e. The van der Waals surface area contributed by atoms with Gasteiger partial charge in [0.25, 0.3) is 0 Å². The van der Waals surface area contributed by atoms with E-state index in [1.807, 2.05) is 0 Å². The average Bonchev–Trinajstić information content (AvgIpc) is 2.41. The first-order chi connectivity index (χ1) is 7.15. The molecule has 2 unspecified atom stereocenters. The number of ether oxygens (including phenoxy) is 1. The van der Waals surface area contributed by atoms with E-state index in [-0.39, 0.29) is 0 Å². The third-order valence-electron chi connectivity index (χ3n) is 4.08. The molecule has 2 rings (SSSR count). The standard InChI is InChI=1S/C12H20O3/c1-15-11(13)12(14)7-9-5-3-2-4-6-10(9)8-12/h9-10,14H,2-8H2,1H3. The highest BCUT2D eigenvalue weighted by molar-refractivity contribution is 5.79. The van der Waals surface area contributed by atoms with Gasteiger partial charge in [-0.1, -0.05) is 32.1 Å². The maximum Gasteiger partial charge on any atom is 0.337 e. The number of rotatable bonds is 1. The fourth-order valence-corrected chi connectivity index (χ4v) is 3.31. The second kappa shape index (κ2) is 4.12. The van der Waals surface area contributed by atoms with Crippen molar-refractivity contribution in [2.45, 2.75) is 50.5 Å². The van der Waals surface area contributed by atoms with Gasteiger partial charge in [-0.25, -0.2) is 4.79 Å². The average molecular weight is 212 g/mol. The molecule has 0 spiro atoms. The summed E-state index contributed by atoms with van der Waals surface area (Å²) < 4.78 is 4.69. The molecule has 0 aromatic rings. The van der Waals surface area contributed by atoms with E-state index in [1.54, 1.807) is 0 Å². The molecule has 3 heteroatoms. The summed E-state index contributed by atoms with van der Waals surface area (Å²) in [6, 6.07) is 0. The fourth-order valence-electron chi connectivity index (χ4n) is 3.31. The van der Waals surface area contributed by atoms with Gasteiger partial charge in [-0.05, 0) is 24.7 Å². The highest BCUT2D eigenvalue weighted by atomic mass is 16.5. The van der Waals surface area contributed by atoms with E-state index < -0.39 is 11.6 Å². The van der Waals surface area contributed by atoms with Crippen LogP contribution in [0.1, 0.15) is 44.9 Å². The topological polar surface area (TPSA) is 46.5 Å². The molecule has 2 aliphatic carbocycles. The van der Waals surface area contributed by atoms with Crippen molar-refractivity contribution >= 4 is 5.97 Å². The van der Waals surface area contributed by atoms with Crippen LogP contribution < -0.4 is 0 Å². The van der Waals surface area contributed by atoms with Gasteiger partial charge in [-0.2, -0.15) is 0 Å². The molecule has 0 saturated heterocycles. The summed E-state index contributed by atoms with van der Waals surface area (Å²) >= 11 is 0. The molecule has 0 aromatic carbocycles. The summed E-state index contributed by atoms with van der Waals surface area (Å²) in [6.07, 6.45) is 7.38. The van der Waals surface area contributed by atoms with Crippen LogP contribution in [0.5, 0.6) is 0 Å². The highest BCUT2D eigenvalue weighted by Gasteiger charge is 2.49. The smallest absolute Gasteiger partial charge is 0.337 e. The molecule has 0 heterocycles. The van der Waals surface area contributed by atoms with Crippen LogP contribution in [-0.4, -0.2) is 23.8 Å². The minimum atomic E-state index is -1.18. The Hall–Kier alpha value is -0.570. The third-order valence-corrected chi connectivity index (χ3v) is 4.08. The highest BCUT2D eigenvalue weighted by Crippen LogP contribution is 2.46. The van der Waals surface area contributed by atoms with Crippen molar-refractivity contribution in [1.82, 2.24) is 0 Å².